The summed E-state index contributed by atoms with van der Waals surface area (Å²) in [4.78, 5) is 12.4. The number of aliphatic hydroxyl groups is 1. The van der Waals surface area contributed by atoms with Gasteiger partial charge in [0.25, 0.3) is 5.69 Å². The van der Waals surface area contributed by atoms with Gasteiger partial charge in [-0.15, -0.1) is 0 Å². The van der Waals surface area contributed by atoms with Gasteiger partial charge in [0.05, 0.1) is 10.4 Å². The van der Waals surface area contributed by atoms with Gasteiger partial charge in [-0.3, -0.25) is 15.0 Å². The van der Waals surface area contributed by atoms with E-state index in [-0.39, 0.29) is 47.9 Å². The Hall–Kier alpha value is -3.96. The summed E-state index contributed by atoms with van der Waals surface area (Å²) in [6.07, 6.45) is -3.18. The molecule has 1 aliphatic rings. The number of aromatic nitrogens is 1. The van der Waals surface area contributed by atoms with Gasteiger partial charge in [-0.1, -0.05) is 30.3 Å². The van der Waals surface area contributed by atoms with Crippen LogP contribution in [0.1, 0.15) is 24.0 Å². The average molecular weight is 558 g/mol. The summed E-state index contributed by atoms with van der Waals surface area (Å²) in [5.41, 5.74) is -2.83. The van der Waals surface area contributed by atoms with Crippen molar-refractivity contribution >= 4 is 16.6 Å². The van der Waals surface area contributed by atoms with Gasteiger partial charge in [0.2, 0.25) is 5.60 Å². The minimum Gasteiger partial charge on any atom is -0.490 e. The van der Waals surface area contributed by atoms with Crippen LogP contribution < -0.4 is 4.74 Å². The lowest BCUT2D eigenvalue weighted by molar-refractivity contribution is -0.384. The van der Waals surface area contributed by atoms with E-state index >= 15 is 0 Å². The molecule has 1 unspecified atom stereocenters. The molecule has 3 aromatic carbocycles. The van der Waals surface area contributed by atoms with Crippen LogP contribution in [0.5, 0.6) is 5.75 Å². The van der Waals surface area contributed by atoms with Crippen molar-refractivity contribution < 1.29 is 32.3 Å². The molecule has 2 heterocycles. The molecule has 0 spiro atoms. The second kappa shape index (κ2) is 10.9. The number of alkyl halides is 3. The predicted octanol–water partition coefficient (Wildman–Crippen LogP) is 6.03. The molecule has 0 saturated carbocycles. The number of nitro benzene ring substituents is 1. The third-order valence-electron chi connectivity index (χ3n) is 7.29. The Kier molecular flexibility index (Phi) is 7.52. The predicted molar refractivity (Wildman–Crippen MR) is 141 cm³/mol. The zero-order valence-corrected chi connectivity index (χ0v) is 21.4. The Morgan fingerprint density at radius 3 is 2.30 bits per heavy atom. The van der Waals surface area contributed by atoms with E-state index in [1.165, 1.54) is 47.2 Å². The number of fused-ring (bicyclic) bond motifs is 1. The molecule has 1 fully saturated rings. The zero-order chi connectivity index (χ0) is 28.5. The number of rotatable bonds is 8. The number of non-ortho nitro benzene ring substituents is 1. The van der Waals surface area contributed by atoms with Crippen molar-refractivity contribution in [2.45, 2.75) is 37.3 Å². The van der Waals surface area contributed by atoms with Crippen LogP contribution in [-0.4, -0.2) is 51.4 Å². The van der Waals surface area contributed by atoms with E-state index in [4.69, 9.17) is 4.74 Å². The molecule has 4 aromatic rings. The van der Waals surface area contributed by atoms with Crippen molar-refractivity contribution in [3.05, 3.63) is 106 Å². The normalized spacial score (nSPS) is 16.6. The van der Waals surface area contributed by atoms with Gasteiger partial charge in [-0.25, -0.2) is 4.39 Å². The largest absolute Gasteiger partial charge is 0.490 e. The molecule has 5 rings (SSSR count). The van der Waals surface area contributed by atoms with Crippen molar-refractivity contribution in [2.24, 2.45) is 0 Å². The second-order valence-corrected chi connectivity index (χ2v) is 10.0. The maximum atomic E-state index is 14.7. The maximum absolute atomic E-state index is 14.7. The third-order valence-corrected chi connectivity index (χ3v) is 7.29. The monoisotopic (exact) mass is 557 g/mol. The molecule has 0 amide bonds. The highest BCUT2D eigenvalue weighted by atomic mass is 19.4. The smallest absolute Gasteiger partial charge is 0.422 e. The second-order valence-electron chi connectivity index (χ2n) is 10.0. The number of hydrogen-bond acceptors (Lipinski definition) is 5. The number of nitrogens with zero attached hydrogens (tertiary/aromatic N) is 3. The van der Waals surface area contributed by atoms with E-state index in [1.807, 2.05) is 6.07 Å². The molecule has 210 valence electrons. The topological polar surface area (TPSA) is 80.8 Å². The Balaban J connectivity index is 1.43. The third kappa shape index (κ3) is 5.66. The Morgan fingerprint density at radius 1 is 1.00 bits per heavy atom. The number of halogens is 4. The number of benzene rings is 3. The first-order chi connectivity index (χ1) is 19.0. The van der Waals surface area contributed by atoms with Gasteiger partial charge >= 0.3 is 6.18 Å². The van der Waals surface area contributed by atoms with Gasteiger partial charge in [0, 0.05) is 55.5 Å². The van der Waals surface area contributed by atoms with Crippen molar-refractivity contribution in [3.8, 4) is 5.75 Å². The van der Waals surface area contributed by atoms with Crippen LogP contribution in [0.25, 0.3) is 10.9 Å². The van der Waals surface area contributed by atoms with Crippen LogP contribution in [0.2, 0.25) is 0 Å². The fourth-order valence-corrected chi connectivity index (χ4v) is 5.18. The van der Waals surface area contributed by atoms with Crippen LogP contribution in [0.15, 0.2) is 79.0 Å². The molecular weight excluding hydrogens is 530 g/mol. The lowest BCUT2D eigenvalue weighted by Gasteiger charge is -2.39. The van der Waals surface area contributed by atoms with Crippen LogP contribution in [0.3, 0.4) is 0 Å². The lowest BCUT2D eigenvalue weighted by atomic mass is 9.91. The summed E-state index contributed by atoms with van der Waals surface area (Å²) in [5.74, 6) is 0.0836. The molecule has 11 heteroatoms. The number of ether oxygens (including phenoxy) is 1. The standard InChI is InChI=1S/C29H27F4N3O4/c30-21-6-9-23(10-7-21)40-24-12-14-34(15-13-24)19-28(37,29(31,32)33)26-18-35(17-20-4-2-1-3-5-20)27-16-22(36(38)39)8-11-25(26)27/h1-11,16,18,24,37H,12-15,17,19H2. The summed E-state index contributed by atoms with van der Waals surface area (Å²) >= 11 is 0. The highest BCUT2D eigenvalue weighted by Gasteiger charge is 2.57. The van der Waals surface area contributed by atoms with E-state index in [1.54, 1.807) is 29.2 Å². The molecule has 40 heavy (non-hydrogen) atoms. The summed E-state index contributed by atoms with van der Waals surface area (Å²) in [7, 11) is 0. The van der Waals surface area contributed by atoms with E-state index in [0.717, 1.165) is 11.6 Å². The molecule has 7 nitrogen and oxygen atoms in total. The molecular formula is C29H27F4N3O4. The van der Waals surface area contributed by atoms with Crippen molar-refractivity contribution in [3.63, 3.8) is 0 Å². The summed E-state index contributed by atoms with van der Waals surface area (Å²) in [6, 6.07) is 18.2. The SMILES string of the molecule is O=[N+]([O-])c1ccc2c(C(O)(CN3CCC(Oc4ccc(F)cc4)CC3)C(F)(F)F)cn(Cc3ccccc3)c2c1. The number of hydrogen-bond donors (Lipinski definition) is 1. The molecule has 0 bridgehead atoms. The van der Waals surface area contributed by atoms with E-state index in [9.17, 15) is 32.8 Å². The molecule has 1 N–H and O–H groups in total. The number of likely N-dealkylation sites (tertiary alicyclic amines) is 1. The van der Waals surface area contributed by atoms with Gasteiger partial charge in [-0.2, -0.15) is 13.2 Å². The molecule has 1 saturated heterocycles. The number of nitro groups is 1. The van der Waals surface area contributed by atoms with Crippen LogP contribution in [0, 0.1) is 15.9 Å². The highest BCUT2D eigenvalue weighted by molar-refractivity contribution is 5.87. The molecule has 0 aliphatic carbocycles. The molecule has 1 aliphatic heterocycles. The van der Waals surface area contributed by atoms with Gasteiger partial charge in [0.15, 0.2) is 0 Å². The van der Waals surface area contributed by atoms with Crippen LogP contribution >= 0.6 is 0 Å². The number of β-amino-alcohol motifs (C(OH)–C–C–N with tert-alkyl or cyclic N) is 1. The zero-order valence-electron chi connectivity index (χ0n) is 21.4. The van der Waals surface area contributed by atoms with Crippen LogP contribution in [-0.2, 0) is 12.1 Å². The summed E-state index contributed by atoms with van der Waals surface area (Å²) in [5, 5.41) is 22.9. The quantitative estimate of drug-likeness (QED) is 0.163. The van der Waals surface area contributed by atoms with E-state index < -0.39 is 29.1 Å². The van der Waals surface area contributed by atoms with Crippen molar-refractivity contribution in [1.29, 1.82) is 0 Å². The average Bonchev–Trinajstić information content (AvgIpc) is 3.29. The molecule has 0 radical (unpaired) electrons. The highest BCUT2D eigenvalue weighted by Crippen LogP contribution is 2.44. The van der Waals surface area contributed by atoms with E-state index in [2.05, 4.69) is 0 Å². The lowest BCUT2D eigenvalue weighted by Crippen LogP contribution is -2.53. The van der Waals surface area contributed by atoms with Crippen molar-refractivity contribution in [2.75, 3.05) is 19.6 Å². The van der Waals surface area contributed by atoms with Gasteiger partial charge in [0.1, 0.15) is 17.7 Å². The Bertz CT molecular complexity index is 1480. The molecule has 1 aromatic heterocycles. The first-order valence-corrected chi connectivity index (χ1v) is 12.8. The van der Waals surface area contributed by atoms with Gasteiger partial charge < -0.3 is 14.4 Å². The Morgan fingerprint density at radius 2 is 1.68 bits per heavy atom. The minimum atomic E-state index is -5.03. The fraction of sp³-hybridized carbons (Fsp3) is 0.310. The van der Waals surface area contributed by atoms with E-state index in [0.29, 0.717) is 18.6 Å². The first kappa shape index (κ1) is 27.6. The Labute approximate surface area is 227 Å². The maximum Gasteiger partial charge on any atom is 0.422 e. The molecule has 1 atom stereocenters. The fourth-order valence-electron chi connectivity index (χ4n) is 5.18. The van der Waals surface area contributed by atoms with Gasteiger partial charge in [-0.05, 0) is 48.7 Å². The minimum absolute atomic E-state index is 0.0934. The summed E-state index contributed by atoms with van der Waals surface area (Å²) in [6.45, 7) is -0.0451. The van der Waals surface area contributed by atoms with Crippen LogP contribution in [0.4, 0.5) is 23.2 Å². The first-order valence-electron chi connectivity index (χ1n) is 12.8. The summed E-state index contributed by atoms with van der Waals surface area (Å²) < 4.78 is 64.5. The van der Waals surface area contributed by atoms with Crippen molar-refractivity contribution in [1.82, 2.24) is 9.47 Å². The number of piperidine rings is 1.